The van der Waals surface area contributed by atoms with Crippen LogP contribution in [0.4, 0.5) is 4.39 Å². The highest BCUT2D eigenvalue weighted by Gasteiger charge is 2.18. The molecule has 0 bridgehead atoms. The van der Waals surface area contributed by atoms with E-state index in [1.54, 1.807) is 17.7 Å². The normalized spacial score (nSPS) is 13.3. The molecule has 2 aromatic rings. The lowest BCUT2D eigenvalue weighted by atomic mass is 10.1. The summed E-state index contributed by atoms with van der Waals surface area (Å²) in [5.74, 6) is -0.264. The van der Waals surface area contributed by atoms with Gasteiger partial charge in [-0.15, -0.1) is 0 Å². The predicted octanol–water partition coefficient (Wildman–Crippen LogP) is 1.62. The SMILES string of the molecule is Cc1c(C(N)CO)n(C)c2c(F)cccc12. The zero-order valence-corrected chi connectivity index (χ0v) is 9.37. The molecular weight excluding hydrogens is 207 g/mol. The van der Waals surface area contributed by atoms with Gasteiger partial charge < -0.3 is 15.4 Å². The summed E-state index contributed by atoms with van der Waals surface area (Å²) in [6.45, 7) is 1.75. The lowest BCUT2D eigenvalue weighted by Crippen LogP contribution is -2.18. The highest BCUT2D eigenvalue weighted by molar-refractivity contribution is 5.86. The van der Waals surface area contributed by atoms with E-state index in [1.807, 2.05) is 13.0 Å². The maximum Gasteiger partial charge on any atom is 0.147 e. The standard InChI is InChI=1S/C12H15FN2O/c1-7-8-4-3-5-9(13)12(8)15(2)11(7)10(14)6-16/h3-5,10,16H,6,14H2,1-2H3. The number of hydrogen-bond donors (Lipinski definition) is 2. The van der Waals surface area contributed by atoms with Crippen LogP contribution in [0.15, 0.2) is 18.2 Å². The van der Waals surface area contributed by atoms with E-state index < -0.39 is 6.04 Å². The molecule has 0 fully saturated rings. The van der Waals surface area contributed by atoms with Crippen LogP contribution in [0.1, 0.15) is 17.3 Å². The largest absolute Gasteiger partial charge is 0.394 e. The first-order chi connectivity index (χ1) is 7.57. The molecule has 0 amide bonds. The Morgan fingerprint density at radius 3 is 2.75 bits per heavy atom. The van der Waals surface area contributed by atoms with Crippen molar-refractivity contribution >= 4 is 10.9 Å². The van der Waals surface area contributed by atoms with E-state index in [1.165, 1.54) is 6.07 Å². The summed E-state index contributed by atoms with van der Waals surface area (Å²) >= 11 is 0. The van der Waals surface area contributed by atoms with Crippen LogP contribution in [0.5, 0.6) is 0 Å². The van der Waals surface area contributed by atoms with Gasteiger partial charge in [0.15, 0.2) is 0 Å². The Kier molecular flexibility index (Phi) is 2.69. The van der Waals surface area contributed by atoms with Crippen LogP contribution >= 0.6 is 0 Å². The first kappa shape index (κ1) is 11.1. The minimum atomic E-state index is -0.475. The molecule has 2 rings (SSSR count). The second-order valence-corrected chi connectivity index (χ2v) is 3.99. The van der Waals surface area contributed by atoms with Crippen LogP contribution in [0.2, 0.25) is 0 Å². The number of hydrogen-bond acceptors (Lipinski definition) is 2. The van der Waals surface area contributed by atoms with Gasteiger partial charge in [0.2, 0.25) is 0 Å². The van der Waals surface area contributed by atoms with Gasteiger partial charge in [0.05, 0.1) is 18.2 Å². The number of aromatic nitrogens is 1. The van der Waals surface area contributed by atoms with Crippen LogP contribution in [0.25, 0.3) is 10.9 Å². The van der Waals surface area contributed by atoms with Crippen LogP contribution in [0, 0.1) is 12.7 Å². The Labute approximate surface area is 93.3 Å². The van der Waals surface area contributed by atoms with E-state index in [0.29, 0.717) is 5.52 Å². The smallest absolute Gasteiger partial charge is 0.147 e. The molecule has 3 nitrogen and oxygen atoms in total. The maximum absolute atomic E-state index is 13.7. The highest BCUT2D eigenvalue weighted by Crippen LogP contribution is 2.29. The molecule has 0 aliphatic carbocycles. The maximum atomic E-state index is 13.7. The zero-order valence-electron chi connectivity index (χ0n) is 9.37. The van der Waals surface area contributed by atoms with Gasteiger partial charge in [0.25, 0.3) is 0 Å². The summed E-state index contributed by atoms with van der Waals surface area (Å²) in [6.07, 6.45) is 0. The molecule has 0 aliphatic heterocycles. The van der Waals surface area contributed by atoms with Crippen LogP contribution in [-0.4, -0.2) is 16.3 Å². The van der Waals surface area contributed by atoms with Gasteiger partial charge in [0, 0.05) is 18.1 Å². The number of rotatable bonds is 2. The number of fused-ring (bicyclic) bond motifs is 1. The lowest BCUT2D eigenvalue weighted by Gasteiger charge is -2.11. The Bertz CT molecular complexity index is 533. The minimum absolute atomic E-state index is 0.146. The molecular formula is C12H15FN2O. The van der Waals surface area contributed by atoms with Gasteiger partial charge in [-0.1, -0.05) is 12.1 Å². The number of aryl methyl sites for hydroxylation is 2. The quantitative estimate of drug-likeness (QED) is 0.811. The molecule has 0 saturated carbocycles. The lowest BCUT2D eigenvalue weighted by molar-refractivity contribution is 0.264. The number of benzene rings is 1. The average molecular weight is 222 g/mol. The van der Waals surface area contributed by atoms with Crippen LogP contribution in [-0.2, 0) is 7.05 Å². The van der Waals surface area contributed by atoms with E-state index >= 15 is 0 Å². The fourth-order valence-electron chi connectivity index (χ4n) is 2.28. The second-order valence-electron chi connectivity index (χ2n) is 3.99. The average Bonchev–Trinajstić information content (AvgIpc) is 2.52. The molecule has 1 aromatic heterocycles. The fraction of sp³-hybridized carbons (Fsp3) is 0.333. The van der Waals surface area contributed by atoms with E-state index in [-0.39, 0.29) is 12.4 Å². The van der Waals surface area contributed by atoms with Gasteiger partial charge in [-0.25, -0.2) is 4.39 Å². The number of nitrogens with two attached hydrogens (primary N) is 1. The second kappa shape index (κ2) is 3.88. The molecule has 0 spiro atoms. The molecule has 1 aromatic carbocycles. The van der Waals surface area contributed by atoms with Crippen molar-refractivity contribution in [1.29, 1.82) is 0 Å². The summed E-state index contributed by atoms with van der Waals surface area (Å²) in [4.78, 5) is 0. The molecule has 1 heterocycles. The van der Waals surface area contributed by atoms with Crippen LogP contribution < -0.4 is 5.73 Å². The fourth-order valence-corrected chi connectivity index (χ4v) is 2.28. The zero-order chi connectivity index (χ0) is 11.9. The summed E-state index contributed by atoms with van der Waals surface area (Å²) in [5, 5.41) is 9.95. The first-order valence-corrected chi connectivity index (χ1v) is 5.17. The third kappa shape index (κ3) is 1.42. The van der Waals surface area contributed by atoms with E-state index in [9.17, 15) is 4.39 Å². The monoisotopic (exact) mass is 222 g/mol. The van der Waals surface area contributed by atoms with Crippen molar-refractivity contribution in [2.24, 2.45) is 12.8 Å². The number of halogens is 1. The van der Waals surface area contributed by atoms with Gasteiger partial charge in [-0.2, -0.15) is 0 Å². The van der Waals surface area contributed by atoms with Gasteiger partial charge in [-0.3, -0.25) is 0 Å². The Morgan fingerprint density at radius 2 is 2.19 bits per heavy atom. The minimum Gasteiger partial charge on any atom is -0.394 e. The summed E-state index contributed by atoms with van der Waals surface area (Å²) < 4.78 is 15.4. The third-order valence-corrected chi connectivity index (χ3v) is 3.02. The molecule has 86 valence electrons. The number of aliphatic hydroxyl groups excluding tert-OH is 1. The number of nitrogens with zero attached hydrogens (tertiary/aromatic N) is 1. The highest BCUT2D eigenvalue weighted by atomic mass is 19.1. The number of para-hydroxylation sites is 1. The topological polar surface area (TPSA) is 51.2 Å². The van der Waals surface area contributed by atoms with Crippen molar-refractivity contribution in [3.05, 3.63) is 35.3 Å². The Hall–Kier alpha value is -1.39. The molecule has 1 atom stereocenters. The van der Waals surface area contributed by atoms with Crippen LogP contribution in [0.3, 0.4) is 0 Å². The van der Waals surface area contributed by atoms with Crippen molar-refractivity contribution in [2.75, 3.05) is 6.61 Å². The summed E-state index contributed by atoms with van der Waals surface area (Å²) in [5.41, 5.74) is 8.07. The molecule has 3 N–H and O–H groups in total. The number of aliphatic hydroxyl groups is 1. The summed E-state index contributed by atoms with van der Waals surface area (Å²) in [7, 11) is 1.77. The molecule has 4 heteroatoms. The first-order valence-electron chi connectivity index (χ1n) is 5.17. The van der Waals surface area contributed by atoms with Crippen molar-refractivity contribution < 1.29 is 9.50 Å². The van der Waals surface area contributed by atoms with Crippen molar-refractivity contribution in [3.63, 3.8) is 0 Å². The summed E-state index contributed by atoms with van der Waals surface area (Å²) in [6, 6.07) is 4.49. The van der Waals surface area contributed by atoms with Crippen molar-refractivity contribution in [1.82, 2.24) is 4.57 Å². The van der Waals surface area contributed by atoms with Gasteiger partial charge >= 0.3 is 0 Å². The molecule has 0 aliphatic rings. The van der Waals surface area contributed by atoms with Crippen molar-refractivity contribution in [3.8, 4) is 0 Å². The van der Waals surface area contributed by atoms with E-state index in [0.717, 1.165) is 16.6 Å². The third-order valence-electron chi connectivity index (χ3n) is 3.02. The predicted molar refractivity (Wildman–Crippen MR) is 61.6 cm³/mol. The molecule has 0 saturated heterocycles. The Morgan fingerprint density at radius 1 is 1.50 bits per heavy atom. The Balaban J connectivity index is 2.82. The van der Waals surface area contributed by atoms with E-state index in [4.69, 9.17) is 10.8 Å². The molecule has 0 radical (unpaired) electrons. The van der Waals surface area contributed by atoms with Crippen molar-refractivity contribution in [2.45, 2.75) is 13.0 Å². The molecule has 16 heavy (non-hydrogen) atoms. The van der Waals surface area contributed by atoms with E-state index in [2.05, 4.69) is 0 Å². The van der Waals surface area contributed by atoms with Gasteiger partial charge in [0.1, 0.15) is 5.82 Å². The molecule has 1 unspecified atom stereocenters. The van der Waals surface area contributed by atoms with Gasteiger partial charge in [-0.05, 0) is 18.6 Å².